The number of hydrogen-bond donors (Lipinski definition) is 1. The molecule has 2 nitrogen and oxygen atoms in total. The Morgan fingerprint density at radius 2 is 1.86 bits per heavy atom. The van der Waals surface area contributed by atoms with E-state index in [0.29, 0.717) is 0 Å². The number of para-hydroxylation sites is 1. The summed E-state index contributed by atoms with van der Waals surface area (Å²) in [4.78, 5) is 4.18. The van der Waals surface area contributed by atoms with Crippen molar-refractivity contribution in [1.82, 2.24) is 0 Å². The van der Waals surface area contributed by atoms with Gasteiger partial charge in [-0.15, -0.1) is 0 Å². The van der Waals surface area contributed by atoms with Gasteiger partial charge in [0.2, 0.25) is 0 Å². The number of phenolic OH excluding ortho intramolecular Hbond substituents is 1. The van der Waals surface area contributed by atoms with Gasteiger partial charge in [-0.2, -0.15) is 0 Å². The second kappa shape index (κ2) is 3.82. The first kappa shape index (κ1) is 10.8. The minimum absolute atomic E-state index is 0.0337. The first-order chi connectivity index (χ1) is 6.61. The van der Waals surface area contributed by atoms with E-state index in [4.69, 9.17) is 0 Å². The van der Waals surface area contributed by atoms with Crippen molar-refractivity contribution >= 4 is 11.9 Å². The number of fused-ring (bicyclic) bond motifs is 1. The Morgan fingerprint density at radius 3 is 2.43 bits per heavy atom. The summed E-state index contributed by atoms with van der Waals surface area (Å²) in [6, 6.07) is 5.52. The van der Waals surface area contributed by atoms with Crippen molar-refractivity contribution in [3.05, 3.63) is 23.8 Å². The molecule has 0 amide bonds. The van der Waals surface area contributed by atoms with E-state index in [1.807, 2.05) is 32.2 Å². The summed E-state index contributed by atoms with van der Waals surface area (Å²) in [6.45, 7) is 8.17. The molecule has 1 aliphatic rings. The number of aromatic hydroxyl groups is 1. The van der Waals surface area contributed by atoms with Gasteiger partial charge in [0.1, 0.15) is 11.4 Å². The van der Waals surface area contributed by atoms with E-state index in [0.717, 1.165) is 11.3 Å². The van der Waals surface area contributed by atoms with E-state index in [9.17, 15) is 5.11 Å². The van der Waals surface area contributed by atoms with Crippen LogP contribution in [0, 0.1) is 0 Å². The van der Waals surface area contributed by atoms with Crippen LogP contribution in [0.25, 0.3) is 0 Å². The van der Waals surface area contributed by atoms with E-state index >= 15 is 0 Å². The van der Waals surface area contributed by atoms with E-state index in [1.54, 1.807) is 6.07 Å². The Kier molecular flexibility index (Phi) is 2.94. The van der Waals surface area contributed by atoms with E-state index < -0.39 is 0 Å². The molecule has 0 fully saturated rings. The minimum Gasteiger partial charge on any atom is -0.506 e. The third-order valence-electron chi connectivity index (χ3n) is 2.23. The quantitative estimate of drug-likeness (QED) is 0.669. The zero-order valence-corrected chi connectivity index (χ0v) is 9.20. The minimum atomic E-state index is -0.0337. The van der Waals surface area contributed by atoms with E-state index in [1.165, 1.54) is 0 Å². The van der Waals surface area contributed by atoms with Gasteiger partial charge in [-0.05, 0) is 11.6 Å². The topological polar surface area (TPSA) is 32.6 Å². The van der Waals surface area contributed by atoms with Crippen LogP contribution in [0.5, 0.6) is 5.75 Å². The van der Waals surface area contributed by atoms with Gasteiger partial charge in [0.05, 0.1) is 0 Å². The van der Waals surface area contributed by atoms with Crippen LogP contribution in [0.15, 0.2) is 23.2 Å². The molecule has 76 valence electrons. The highest BCUT2D eigenvalue weighted by atomic mass is 16.3. The number of rotatable bonds is 0. The monoisotopic (exact) mass is 191 g/mol. The Hall–Kier alpha value is -1.31. The van der Waals surface area contributed by atoms with Crippen molar-refractivity contribution in [3.8, 4) is 5.75 Å². The van der Waals surface area contributed by atoms with Crippen LogP contribution >= 0.6 is 0 Å². The molecule has 0 atom stereocenters. The average molecular weight is 191 g/mol. The SMILES string of the molecule is CC.CC1(C)C=Nc2c(O)cccc21. The molecule has 0 saturated heterocycles. The van der Waals surface area contributed by atoms with Crippen LogP contribution in [0.3, 0.4) is 0 Å². The lowest BCUT2D eigenvalue weighted by molar-refractivity contribution is 0.476. The second-order valence-corrected chi connectivity index (χ2v) is 3.65. The van der Waals surface area contributed by atoms with Gasteiger partial charge in [0.15, 0.2) is 0 Å². The zero-order valence-electron chi connectivity index (χ0n) is 9.20. The van der Waals surface area contributed by atoms with Crippen molar-refractivity contribution in [3.63, 3.8) is 0 Å². The Labute approximate surface area is 85.3 Å². The molecule has 1 aromatic carbocycles. The average Bonchev–Trinajstić information content (AvgIpc) is 2.48. The molecule has 0 aliphatic carbocycles. The first-order valence-electron chi connectivity index (χ1n) is 4.99. The number of nitrogens with zero attached hydrogens (tertiary/aromatic N) is 1. The number of aliphatic imine (C=N–C) groups is 1. The maximum atomic E-state index is 9.45. The van der Waals surface area contributed by atoms with Gasteiger partial charge in [-0.25, -0.2) is 0 Å². The van der Waals surface area contributed by atoms with Gasteiger partial charge in [0, 0.05) is 11.6 Å². The molecule has 14 heavy (non-hydrogen) atoms. The number of phenols is 1. The summed E-state index contributed by atoms with van der Waals surface area (Å²) >= 11 is 0. The van der Waals surface area contributed by atoms with Crippen LogP contribution in [0.4, 0.5) is 5.69 Å². The predicted molar refractivity (Wildman–Crippen MR) is 60.6 cm³/mol. The van der Waals surface area contributed by atoms with Crippen LogP contribution in [-0.4, -0.2) is 11.3 Å². The Bertz CT molecular complexity index is 353. The number of benzene rings is 1. The Morgan fingerprint density at radius 1 is 1.21 bits per heavy atom. The maximum absolute atomic E-state index is 9.45. The van der Waals surface area contributed by atoms with Crippen molar-refractivity contribution in [2.24, 2.45) is 4.99 Å². The molecule has 1 heterocycles. The highest BCUT2D eigenvalue weighted by Gasteiger charge is 2.27. The van der Waals surface area contributed by atoms with Crippen LogP contribution in [0.2, 0.25) is 0 Å². The van der Waals surface area contributed by atoms with Crippen molar-refractivity contribution in [1.29, 1.82) is 0 Å². The largest absolute Gasteiger partial charge is 0.506 e. The molecule has 1 N–H and O–H groups in total. The lowest BCUT2D eigenvalue weighted by Crippen LogP contribution is -2.14. The van der Waals surface area contributed by atoms with Crippen molar-refractivity contribution < 1.29 is 5.11 Å². The Balaban J connectivity index is 0.000000461. The molecule has 2 rings (SSSR count). The molecule has 0 spiro atoms. The second-order valence-electron chi connectivity index (χ2n) is 3.65. The summed E-state index contributed by atoms with van der Waals surface area (Å²) in [5.74, 6) is 0.273. The van der Waals surface area contributed by atoms with Crippen LogP contribution < -0.4 is 0 Å². The lowest BCUT2D eigenvalue weighted by Gasteiger charge is -2.15. The normalized spacial score (nSPS) is 15.7. The summed E-state index contributed by atoms with van der Waals surface area (Å²) in [5, 5.41) is 9.45. The van der Waals surface area contributed by atoms with Gasteiger partial charge in [0.25, 0.3) is 0 Å². The standard InChI is InChI=1S/C10H11NO.C2H6/c1-10(2)6-11-9-7(10)4-3-5-8(9)12;1-2/h3-6,12H,1-2H3;1-2H3. The predicted octanol–water partition coefficient (Wildman–Crippen LogP) is 3.41. The fourth-order valence-electron chi connectivity index (χ4n) is 1.48. The smallest absolute Gasteiger partial charge is 0.141 e. The van der Waals surface area contributed by atoms with Crippen LogP contribution in [-0.2, 0) is 5.41 Å². The molecule has 0 radical (unpaired) electrons. The summed E-state index contributed by atoms with van der Waals surface area (Å²) in [7, 11) is 0. The highest BCUT2D eigenvalue weighted by Crippen LogP contribution is 2.41. The molecule has 0 unspecified atom stereocenters. The maximum Gasteiger partial charge on any atom is 0.141 e. The highest BCUT2D eigenvalue weighted by molar-refractivity contribution is 5.86. The molecule has 1 aliphatic heterocycles. The third-order valence-corrected chi connectivity index (χ3v) is 2.23. The van der Waals surface area contributed by atoms with Crippen molar-refractivity contribution in [2.75, 3.05) is 0 Å². The zero-order chi connectivity index (χ0) is 10.8. The van der Waals surface area contributed by atoms with Crippen molar-refractivity contribution in [2.45, 2.75) is 33.1 Å². The molecule has 2 heteroatoms. The summed E-state index contributed by atoms with van der Waals surface area (Å²) < 4.78 is 0. The molecule has 0 aromatic heterocycles. The fourth-order valence-corrected chi connectivity index (χ4v) is 1.48. The van der Waals surface area contributed by atoms with Gasteiger partial charge < -0.3 is 5.11 Å². The summed E-state index contributed by atoms with van der Waals surface area (Å²) in [5.41, 5.74) is 1.79. The summed E-state index contributed by atoms with van der Waals surface area (Å²) in [6.07, 6.45) is 1.87. The van der Waals surface area contributed by atoms with E-state index in [2.05, 4.69) is 18.8 Å². The fraction of sp³-hybridized carbons (Fsp3) is 0.417. The molecule has 0 bridgehead atoms. The molecular formula is C12H17NO. The molecular weight excluding hydrogens is 174 g/mol. The lowest BCUT2D eigenvalue weighted by atomic mass is 9.87. The van der Waals surface area contributed by atoms with Gasteiger partial charge in [-0.1, -0.05) is 39.8 Å². The van der Waals surface area contributed by atoms with Crippen LogP contribution in [0.1, 0.15) is 33.3 Å². The molecule has 1 aromatic rings. The van der Waals surface area contributed by atoms with Gasteiger partial charge in [-0.3, -0.25) is 4.99 Å². The molecule has 0 saturated carbocycles. The first-order valence-corrected chi connectivity index (χ1v) is 4.99. The third kappa shape index (κ3) is 1.65. The number of hydrogen-bond acceptors (Lipinski definition) is 2. The van der Waals surface area contributed by atoms with E-state index in [-0.39, 0.29) is 11.2 Å². The van der Waals surface area contributed by atoms with Gasteiger partial charge >= 0.3 is 0 Å².